The Kier molecular flexibility index (Phi) is 2.84. The summed E-state index contributed by atoms with van der Waals surface area (Å²) in [5, 5.41) is 12.5. The van der Waals surface area contributed by atoms with E-state index >= 15 is 0 Å². The molecule has 0 spiro atoms. The smallest absolute Gasteiger partial charge is 0.267 e. The van der Waals surface area contributed by atoms with Crippen molar-refractivity contribution in [2.75, 3.05) is 0 Å². The van der Waals surface area contributed by atoms with Crippen LogP contribution in [-0.4, -0.2) is 28.1 Å². The SMILES string of the molecule is CC1(C)C(O)CC1NC(=O)c1cc(Br)c[nH]1. The Bertz CT molecular complexity index is 414. The second-order valence-corrected chi connectivity index (χ2v) is 5.75. The van der Waals surface area contributed by atoms with Crippen LogP contribution < -0.4 is 5.32 Å². The van der Waals surface area contributed by atoms with Gasteiger partial charge in [0.1, 0.15) is 5.69 Å². The predicted molar refractivity (Wildman–Crippen MR) is 64.2 cm³/mol. The highest BCUT2D eigenvalue weighted by Gasteiger charge is 2.48. The van der Waals surface area contributed by atoms with Crippen molar-refractivity contribution < 1.29 is 9.90 Å². The molecule has 4 nitrogen and oxygen atoms in total. The van der Waals surface area contributed by atoms with Crippen molar-refractivity contribution in [3.8, 4) is 0 Å². The van der Waals surface area contributed by atoms with Crippen molar-refractivity contribution in [1.29, 1.82) is 0 Å². The maximum Gasteiger partial charge on any atom is 0.267 e. The minimum absolute atomic E-state index is 0.0390. The minimum Gasteiger partial charge on any atom is -0.392 e. The molecular formula is C11H15BrN2O2. The average Bonchev–Trinajstić information content (AvgIpc) is 2.64. The molecule has 1 aliphatic rings. The molecule has 2 unspecified atom stereocenters. The molecule has 0 saturated heterocycles. The molecule has 1 aromatic rings. The fourth-order valence-corrected chi connectivity index (χ4v) is 2.23. The normalized spacial score (nSPS) is 27.2. The van der Waals surface area contributed by atoms with Crippen molar-refractivity contribution >= 4 is 21.8 Å². The molecule has 2 rings (SSSR count). The van der Waals surface area contributed by atoms with Crippen molar-refractivity contribution in [1.82, 2.24) is 10.3 Å². The fourth-order valence-electron chi connectivity index (χ4n) is 1.88. The van der Waals surface area contributed by atoms with E-state index in [9.17, 15) is 9.90 Å². The van der Waals surface area contributed by atoms with E-state index in [1.165, 1.54) is 0 Å². The Morgan fingerprint density at radius 2 is 2.38 bits per heavy atom. The van der Waals surface area contributed by atoms with E-state index in [0.29, 0.717) is 12.1 Å². The highest BCUT2D eigenvalue weighted by Crippen LogP contribution is 2.40. The number of aromatic amines is 1. The monoisotopic (exact) mass is 286 g/mol. The maximum absolute atomic E-state index is 11.8. The highest BCUT2D eigenvalue weighted by molar-refractivity contribution is 9.10. The lowest BCUT2D eigenvalue weighted by atomic mass is 9.64. The lowest BCUT2D eigenvalue weighted by Crippen LogP contribution is -2.61. The summed E-state index contributed by atoms with van der Waals surface area (Å²) >= 11 is 3.28. The first-order chi connectivity index (χ1) is 7.41. The number of hydrogen-bond acceptors (Lipinski definition) is 2. The molecule has 0 radical (unpaired) electrons. The summed E-state index contributed by atoms with van der Waals surface area (Å²) in [6, 6.07) is 1.77. The molecule has 5 heteroatoms. The number of carbonyl (C=O) groups excluding carboxylic acids is 1. The van der Waals surface area contributed by atoms with E-state index in [1.54, 1.807) is 12.3 Å². The summed E-state index contributed by atoms with van der Waals surface area (Å²) in [7, 11) is 0. The molecule has 1 heterocycles. The largest absolute Gasteiger partial charge is 0.392 e. The van der Waals surface area contributed by atoms with Crippen molar-refractivity contribution in [3.05, 3.63) is 22.4 Å². The van der Waals surface area contributed by atoms with Gasteiger partial charge in [0, 0.05) is 22.1 Å². The molecule has 1 amide bonds. The van der Waals surface area contributed by atoms with Crippen LogP contribution in [0.3, 0.4) is 0 Å². The summed E-state index contributed by atoms with van der Waals surface area (Å²) in [6.45, 7) is 3.91. The van der Waals surface area contributed by atoms with Crippen LogP contribution in [-0.2, 0) is 0 Å². The summed E-state index contributed by atoms with van der Waals surface area (Å²) in [6.07, 6.45) is 2.02. The summed E-state index contributed by atoms with van der Waals surface area (Å²) < 4.78 is 0.852. The number of rotatable bonds is 2. The third-order valence-electron chi connectivity index (χ3n) is 3.41. The Hall–Kier alpha value is -0.810. The molecule has 1 saturated carbocycles. The minimum atomic E-state index is -0.326. The molecule has 1 fully saturated rings. The number of H-pyrrole nitrogens is 1. The topological polar surface area (TPSA) is 65.1 Å². The quantitative estimate of drug-likeness (QED) is 0.774. The van der Waals surface area contributed by atoms with Gasteiger partial charge in [-0.1, -0.05) is 13.8 Å². The van der Waals surface area contributed by atoms with Crippen LogP contribution >= 0.6 is 15.9 Å². The molecule has 3 N–H and O–H groups in total. The molecule has 0 aliphatic heterocycles. The van der Waals surface area contributed by atoms with Gasteiger partial charge in [-0.05, 0) is 28.4 Å². The molecule has 2 atom stereocenters. The highest BCUT2D eigenvalue weighted by atomic mass is 79.9. The van der Waals surface area contributed by atoms with Gasteiger partial charge in [0.2, 0.25) is 0 Å². The molecule has 1 aliphatic carbocycles. The first kappa shape index (κ1) is 11.7. The van der Waals surface area contributed by atoms with Gasteiger partial charge in [-0.3, -0.25) is 4.79 Å². The summed E-state index contributed by atoms with van der Waals surface area (Å²) in [4.78, 5) is 14.7. The van der Waals surface area contributed by atoms with Crippen molar-refractivity contribution in [2.24, 2.45) is 5.41 Å². The number of amides is 1. The third-order valence-corrected chi connectivity index (χ3v) is 3.87. The first-order valence-electron chi connectivity index (χ1n) is 5.24. The predicted octanol–water partition coefficient (Wildman–Crippen LogP) is 1.67. The van der Waals surface area contributed by atoms with Crippen LogP contribution in [0.25, 0.3) is 0 Å². The fraction of sp³-hybridized carbons (Fsp3) is 0.545. The van der Waals surface area contributed by atoms with Crippen LogP contribution in [0.5, 0.6) is 0 Å². The summed E-state index contributed by atoms with van der Waals surface area (Å²) in [5.74, 6) is -0.129. The maximum atomic E-state index is 11.8. The first-order valence-corrected chi connectivity index (χ1v) is 6.03. The third kappa shape index (κ3) is 1.89. The number of aliphatic hydroxyl groups excluding tert-OH is 1. The number of carbonyl (C=O) groups is 1. The van der Waals surface area contributed by atoms with Crippen LogP contribution in [0, 0.1) is 5.41 Å². The Morgan fingerprint density at radius 3 is 2.81 bits per heavy atom. The Balaban J connectivity index is 1.99. The van der Waals surface area contributed by atoms with Crippen LogP contribution in [0.1, 0.15) is 30.8 Å². The lowest BCUT2D eigenvalue weighted by Gasteiger charge is -2.49. The summed E-state index contributed by atoms with van der Waals surface area (Å²) in [5.41, 5.74) is 0.295. The molecule has 0 aromatic carbocycles. The van der Waals surface area contributed by atoms with Gasteiger partial charge in [0.25, 0.3) is 5.91 Å². The van der Waals surface area contributed by atoms with Gasteiger partial charge >= 0.3 is 0 Å². The second kappa shape index (κ2) is 3.89. The van der Waals surface area contributed by atoms with E-state index in [-0.39, 0.29) is 23.5 Å². The second-order valence-electron chi connectivity index (χ2n) is 4.83. The average molecular weight is 287 g/mol. The number of nitrogens with one attached hydrogen (secondary N) is 2. The zero-order chi connectivity index (χ0) is 11.9. The van der Waals surface area contributed by atoms with Crippen molar-refractivity contribution in [2.45, 2.75) is 32.4 Å². The van der Waals surface area contributed by atoms with Crippen LogP contribution in [0.15, 0.2) is 16.7 Å². The van der Waals surface area contributed by atoms with E-state index in [4.69, 9.17) is 0 Å². The van der Waals surface area contributed by atoms with Gasteiger partial charge < -0.3 is 15.4 Å². The zero-order valence-corrected chi connectivity index (χ0v) is 10.8. The molecule has 0 bridgehead atoms. The zero-order valence-electron chi connectivity index (χ0n) is 9.25. The number of hydrogen-bond donors (Lipinski definition) is 3. The number of aliphatic hydroxyl groups is 1. The van der Waals surface area contributed by atoms with E-state index in [1.807, 2.05) is 13.8 Å². The van der Waals surface area contributed by atoms with Gasteiger partial charge in [-0.15, -0.1) is 0 Å². The van der Waals surface area contributed by atoms with Gasteiger partial charge in [0.15, 0.2) is 0 Å². The van der Waals surface area contributed by atoms with E-state index < -0.39 is 0 Å². The van der Waals surface area contributed by atoms with Crippen molar-refractivity contribution in [3.63, 3.8) is 0 Å². The van der Waals surface area contributed by atoms with Gasteiger partial charge in [-0.25, -0.2) is 0 Å². The van der Waals surface area contributed by atoms with E-state index in [0.717, 1.165) is 4.47 Å². The Morgan fingerprint density at radius 1 is 1.69 bits per heavy atom. The Labute approximate surface area is 103 Å². The number of halogens is 1. The molecule has 1 aromatic heterocycles. The van der Waals surface area contributed by atoms with Gasteiger partial charge in [-0.2, -0.15) is 0 Å². The standard InChI is InChI=1S/C11H15BrN2O2/c1-11(2)8(4-9(11)15)14-10(16)7-3-6(12)5-13-7/h3,5,8-9,13,15H,4H2,1-2H3,(H,14,16). The molecule has 88 valence electrons. The van der Waals surface area contributed by atoms with Crippen LogP contribution in [0.4, 0.5) is 0 Å². The number of aromatic nitrogens is 1. The lowest BCUT2D eigenvalue weighted by molar-refractivity contribution is -0.0690. The molecular weight excluding hydrogens is 272 g/mol. The molecule has 16 heavy (non-hydrogen) atoms. The van der Waals surface area contributed by atoms with Crippen LogP contribution in [0.2, 0.25) is 0 Å². The van der Waals surface area contributed by atoms with E-state index in [2.05, 4.69) is 26.2 Å². The van der Waals surface area contributed by atoms with Gasteiger partial charge in [0.05, 0.1) is 6.10 Å².